The van der Waals surface area contributed by atoms with E-state index in [1.165, 1.54) is 12.1 Å². The molecule has 0 heterocycles. The molecule has 92 valence electrons. The van der Waals surface area contributed by atoms with Crippen LogP contribution < -0.4 is 11.2 Å². The van der Waals surface area contributed by atoms with E-state index in [4.69, 9.17) is 18.0 Å². The van der Waals surface area contributed by atoms with Crippen molar-refractivity contribution in [3.63, 3.8) is 0 Å². The Balaban J connectivity index is 2.84. The first-order chi connectivity index (χ1) is 8.13. The fourth-order valence-electron chi connectivity index (χ4n) is 1.37. The molecule has 0 aliphatic heterocycles. The summed E-state index contributed by atoms with van der Waals surface area (Å²) in [5, 5.41) is 4.26. The van der Waals surface area contributed by atoms with Crippen LogP contribution in [0.4, 0.5) is 4.39 Å². The van der Waals surface area contributed by atoms with Gasteiger partial charge in [-0.05, 0) is 42.8 Å². The molecule has 0 aromatic heterocycles. The normalized spacial score (nSPS) is 11.3. The topological polar surface area (TPSA) is 50.4 Å². The van der Waals surface area contributed by atoms with E-state index >= 15 is 0 Å². The third kappa shape index (κ3) is 4.91. The highest BCUT2D eigenvalue weighted by atomic mass is 32.1. The molecule has 0 unspecified atom stereocenters. The van der Waals surface area contributed by atoms with Gasteiger partial charge in [0.05, 0.1) is 5.71 Å². The number of hydrogen-bond acceptors (Lipinski definition) is 2. The molecule has 1 aromatic carbocycles. The van der Waals surface area contributed by atoms with Crippen molar-refractivity contribution < 1.29 is 4.39 Å². The monoisotopic (exact) mass is 253 g/mol. The van der Waals surface area contributed by atoms with Crippen molar-refractivity contribution in [3.05, 3.63) is 35.6 Å². The Labute approximate surface area is 106 Å². The first-order valence-electron chi connectivity index (χ1n) is 5.51. The van der Waals surface area contributed by atoms with Crippen LogP contribution in [-0.4, -0.2) is 10.8 Å². The van der Waals surface area contributed by atoms with Crippen molar-refractivity contribution in [2.45, 2.75) is 26.2 Å². The number of nitrogens with one attached hydrogen (secondary N) is 1. The molecule has 3 N–H and O–H groups in total. The van der Waals surface area contributed by atoms with Crippen LogP contribution in [0.1, 0.15) is 31.7 Å². The average Bonchev–Trinajstić information content (AvgIpc) is 2.30. The Kier molecular flexibility index (Phi) is 5.56. The van der Waals surface area contributed by atoms with Crippen molar-refractivity contribution >= 4 is 23.0 Å². The number of hydrogen-bond donors (Lipinski definition) is 2. The highest BCUT2D eigenvalue weighted by molar-refractivity contribution is 7.80. The van der Waals surface area contributed by atoms with Gasteiger partial charge in [-0.25, -0.2) is 4.39 Å². The fourth-order valence-corrected chi connectivity index (χ4v) is 1.42. The van der Waals surface area contributed by atoms with Crippen LogP contribution >= 0.6 is 12.2 Å². The van der Waals surface area contributed by atoms with Crippen LogP contribution in [-0.2, 0) is 0 Å². The van der Waals surface area contributed by atoms with Crippen LogP contribution in [0.15, 0.2) is 29.4 Å². The lowest BCUT2D eigenvalue weighted by Crippen LogP contribution is -2.25. The van der Waals surface area contributed by atoms with E-state index in [1.54, 1.807) is 12.1 Å². The molecule has 1 rings (SSSR count). The van der Waals surface area contributed by atoms with E-state index in [1.807, 2.05) is 0 Å². The maximum absolute atomic E-state index is 12.8. The molecule has 0 fully saturated rings. The summed E-state index contributed by atoms with van der Waals surface area (Å²) in [5.41, 5.74) is 9.61. The number of nitrogens with two attached hydrogens (primary N) is 1. The third-order valence-electron chi connectivity index (χ3n) is 2.25. The van der Waals surface area contributed by atoms with Gasteiger partial charge in [-0.3, -0.25) is 5.43 Å². The number of nitrogens with zero attached hydrogens (tertiary/aromatic N) is 1. The lowest BCUT2D eigenvalue weighted by molar-refractivity contribution is 0.627. The van der Waals surface area contributed by atoms with Crippen LogP contribution in [0.25, 0.3) is 0 Å². The first kappa shape index (κ1) is 13.6. The summed E-state index contributed by atoms with van der Waals surface area (Å²) in [6.07, 6.45) is 2.88. The molecule has 0 radical (unpaired) electrons. The number of thiocarbonyl (C=S) groups is 1. The molecule has 5 heteroatoms. The van der Waals surface area contributed by atoms with Crippen molar-refractivity contribution in [2.75, 3.05) is 0 Å². The zero-order valence-corrected chi connectivity index (χ0v) is 10.6. The average molecular weight is 253 g/mol. The molecular formula is C12H16FN3S. The molecule has 0 atom stereocenters. The standard InChI is InChI=1S/C12H16FN3S/c1-2-3-4-11(15-16-12(14)17)9-5-7-10(13)8-6-9/h5-8H,2-4H2,1H3,(H3,14,16,17)/b15-11-. The Hall–Kier alpha value is -1.49. The minimum absolute atomic E-state index is 0.126. The molecular weight excluding hydrogens is 237 g/mol. The largest absolute Gasteiger partial charge is 0.375 e. The molecule has 1 aromatic rings. The van der Waals surface area contributed by atoms with Crippen molar-refractivity contribution in [1.29, 1.82) is 0 Å². The second kappa shape index (κ2) is 6.96. The molecule has 0 saturated carbocycles. The van der Waals surface area contributed by atoms with Gasteiger partial charge in [0.2, 0.25) is 0 Å². The summed E-state index contributed by atoms with van der Waals surface area (Å²) in [7, 11) is 0. The molecule has 17 heavy (non-hydrogen) atoms. The van der Waals surface area contributed by atoms with Gasteiger partial charge < -0.3 is 5.73 Å². The van der Waals surface area contributed by atoms with E-state index in [0.29, 0.717) is 0 Å². The van der Waals surface area contributed by atoms with E-state index in [0.717, 1.165) is 30.5 Å². The molecule has 0 aliphatic carbocycles. The smallest absolute Gasteiger partial charge is 0.184 e. The van der Waals surface area contributed by atoms with Crippen LogP contribution in [0, 0.1) is 5.82 Å². The number of benzene rings is 1. The Morgan fingerprint density at radius 2 is 2.06 bits per heavy atom. The van der Waals surface area contributed by atoms with Gasteiger partial charge >= 0.3 is 0 Å². The predicted molar refractivity (Wildman–Crippen MR) is 72.4 cm³/mol. The second-order valence-electron chi connectivity index (χ2n) is 3.64. The second-order valence-corrected chi connectivity index (χ2v) is 4.08. The summed E-state index contributed by atoms with van der Waals surface area (Å²) in [4.78, 5) is 0. The quantitative estimate of drug-likeness (QED) is 0.482. The summed E-state index contributed by atoms with van der Waals surface area (Å²) < 4.78 is 12.8. The highest BCUT2D eigenvalue weighted by Gasteiger charge is 2.04. The minimum atomic E-state index is -0.258. The van der Waals surface area contributed by atoms with Gasteiger partial charge in [-0.1, -0.05) is 25.5 Å². The molecule has 3 nitrogen and oxygen atoms in total. The van der Waals surface area contributed by atoms with E-state index in [2.05, 4.69) is 17.5 Å². The van der Waals surface area contributed by atoms with Gasteiger partial charge in [0.25, 0.3) is 0 Å². The molecule has 0 aliphatic rings. The highest BCUT2D eigenvalue weighted by Crippen LogP contribution is 2.09. The summed E-state index contributed by atoms with van der Waals surface area (Å²) in [6, 6.07) is 6.23. The van der Waals surface area contributed by atoms with Crippen LogP contribution in [0.3, 0.4) is 0 Å². The van der Waals surface area contributed by atoms with Gasteiger partial charge in [-0.15, -0.1) is 0 Å². The lowest BCUT2D eigenvalue weighted by atomic mass is 10.1. The fraction of sp³-hybridized carbons (Fsp3) is 0.333. The Bertz CT molecular complexity index is 401. The van der Waals surface area contributed by atoms with Gasteiger partial charge in [0.15, 0.2) is 5.11 Å². The number of rotatable bonds is 5. The van der Waals surface area contributed by atoms with E-state index in [-0.39, 0.29) is 10.9 Å². The van der Waals surface area contributed by atoms with Crippen molar-refractivity contribution in [2.24, 2.45) is 10.8 Å². The number of halogens is 1. The summed E-state index contributed by atoms with van der Waals surface area (Å²) in [5.74, 6) is -0.258. The Morgan fingerprint density at radius 1 is 1.41 bits per heavy atom. The molecule has 0 amide bonds. The first-order valence-corrected chi connectivity index (χ1v) is 5.92. The van der Waals surface area contributed by atoms with E-state index < -0.39 is 0 Å². The minimum Gasteiger partial charge on any atom is -0.375 e. The zero-order valence-electron chi connectivity index (χ0n) is 9.74. The zero-order chi connectivity index (χ0) is 12.7. The predicted octanol–water partition coefficient (Wildman–Crippen LogP) is 2.55. The molecule has 0 bridgehead atoms. The maximum Gasteiger partial charge on any atom is 0.184 e. The lowest BCUT2D eigenvalue weighted by Gasteiger charge is -2.06. The van der Waals surface area contributed by atoms with Crippen LogP contribution in [0.2, 0.25) is 0 Å². The van der Waals surface area contributed by atoms with Gasteiger partial charge in [-0.2, -0.15) is 5.10 Å². The van der Waals surface area contributed by atoms with Crippen molar-refractivity contribution in [3.8, 4) is 0 Å². The number of unbranched alkanes of at least 4 members (excludes halogenated alkanes) is 1. The van der Waals surface area contributed by atoms with E-state index in [9.17, 15) is 4.39 Å². The summed E-state index contributed by atoms with van der Waals surface area (Å²) >= 11 is 4.70. The van der Waals surface area contributed by atoms with Gasteiger partial charge in [0, 0.05) is 0 Å². The van der Waals surface area contributed by atoms with Crippen LogP contribution in [0.5, 0.6) is 0 Å². The molecule has 0 saturated heterocycles. The maximum atomic E-state index is 12.8. The van der Waals surface area contributed by atoms with Crippen molar-refractivity contribution in [1.82, 2.24) is 5.43 Å². The Morgan fingerprint density at radius 3 is 2.59 bits per heavy atom. The third-order valence-corrected chi connectivity index (χ3v) is 2.34. The molecule has 0 spiro atoms. The van der Waals surface area contributed by atoms with Gasteiger partial charge in [0.1, 0.15) is 5.82 Å². The summed E-state index contributed by atoms with van der Waals surface area (Å²) in [6.45, 7) is 2.10. The number of hydrazone groups is 1. The SMILES string of the molecule is CCCC/C(=N/NC(N)=S)c1ccc(F)cc1.